The number of aliphatic hydroxyl groups excluding tert-OH is 1. The number of nitrogens with zero attached hydrogens (tertiary/aromatic N) is 2. The molecule has 1 aromatic rings. The van der Waals surface area contributed by atoms with Crippen LogP contribution < -0.4 is 11.4 Å². The quantitative estimate of drug-likeness (QED) is 0.704. The van der Waals surface area contributed by atoms with E-state index < -0.39 is 5.69 Å². The summed E-state index contributed by atoms with van der Waals surface area (Å²) in [6.45, 7) is -0.0572. The van der Waals surface area contributed by atoms with Crippen molar-refractivity contribution in [3.05, 3.63) is 22.7 Å². The van der Waals surface area contributed by atoms with E-state index in [1.54, 1.807) is 12.3 Å². The van der Waals surface area contributed by atoms with E-state index in [1.165, 1.54) is 16.3 Å². The Balaban J connectivity index is 2.20. The second kappa shape index (κ2) is 4.21. The number of ether oxygens (including phenoxy) is 1. The molecule has 2 heterocycles. The van der Waals surface area contributed by atoms with Gasteiger partial charge in [0.25, 0.3) is 0 Å². The van der Waals surface area contributed by atoms with Crippen LogP contribution in [0.15, 0.2) is 17.1 Å². The first-order valence-electron chi connectivity index (χ1n) is 4.43. The molecule has 2 rings (SSSR count). The van der Waals surface area contributed by atoms with Crippen LogP contribution >= 0.6 is 11.8 Å². The number of anilines is 1. The molecular weight excluding hydrogens is 218 g/mol. The summed E-state index contributed by atoms with van der Waals surface area (Å²) in [5.41, 5.74) is 4.67. The normalized spacial score (nSPS) is 25.7. The third-order valence-corrected chi connectivity index (χ3v) is 3.15. The molecular formula is C8H11N3O3S. The molecule has 1 unspecified atom stereocenters. The first-order valence-corrected chi connectivity index (χ1v) is 5.48. The van der Waals surface area contributed by atoms with Crippen molar-refractivity contribution in [2.45, 2.75) is 11.7 Å². The molecule has 3 N–H and O–H groups in total. The predicted octanol–water partition coefficient (Wildman–Crippen LogP) is -0.594. The Morgan fingerprint density at radius 3 is 3.20 bits per heavy atom. The molecule has 7 heteroatoms. The fourth-order valence-electron chi connectivity index (χ4n) is 1.33. The number of hydrogen-bond acceptors (Lipinski definition) is 6. The van der Waals surface area contributed by atoms with Gasteiger partial charge in [-0.15, -0.1) is 11.8 Å². The first kappa shape index (κ1) is 10.5. The second-order valence-corrected chi connectivity index (χ2v) is 4.27. The van der Waals surface area contributed by atoms with Gasteiger partial charge in [0, 0.05) is 11.9 Å². The molecule has 0 amide bonds. The van der Waals surface area contributed by atoms with Gasteiger partial charge in [0.05, 0.1) is 6.61 Å². The number of hydrogen-bond donors (Lipinski definition) is 2. The van der Waals surface area contributed by atoms with Crippen molar-refractivity contribution in [2.75, 3.05) is 18.1 Å². The van der Waals surface area contributed by atoms with Gasteiger partial charge in [-0.1, -0.05) is 0 Å². The topological polar surface area (TPSA) is 90.4 Å². The zero-order valence-electron chi connectivity index (χ0n) is 7.87. The Bertz CT molecular complexity index is 408. The van der Waals surface area contributed by atoms with Gasteiger partial charge in [-0.25, -0.2) is 4.79 Å². The Morgan fingerprint density at radius 1 is 1.80 bits per heavy atom. The van der Waals surface area contributed by atoms with Gasteiger partial charge in [-0.2, -0.15) is 4.98 Å². The zero-order chi connectivity index (χ0) is 10.8. The van der Waals surface area contributed by atoms with E-state index in [-0.39, 0.29) is 24.1 Å². The van der Waals surface area contributed by atoms with E-state index in [4.69, 9.17) is 15.6 Å². The summed E-state index contributed by atoms with van der Waals surface area (Å²) in [7, 11) is 0. The third kappa shape index (κ3) is 2.14. The molecule has 0 spiro atoms. The summed E-state index contributed by atoms with van der Waals surface area (Å²) in [5.74, 6) is 0.817. The maximum Gasteiger partial charge on any atom is 0.351 e. The maximum atomic E-state index is 11.4. The van der Waals surface area contributed by atoms with E-state index in [1.807, 2.05) is 0 Å². The molecule has 1 aromatic heterocycles. The summed E-state index contributed by atoms with van der Waals surface area (Å²) in [4.78, 5) is 15.0. The minimum atomic E-state index is -0.431. The summed E-state index contributed by atoms with van der Waals surface area (Å²) in [5, 5.41) is 8.88. The average Bonchev–Trinajstić information content (AvgIpc) is 2.66. The molecule has 0 radical (unpaired) electrons. The van der Waals surface area contributed by atoms with Crippen LogP contribution in [-0.2, 0) is 4.74 Å². The molecule has 1 saturated heterocycles. The van der Waals surface area contributed by atoms with Crippen molar-refractivity contribution < 1.29 is 9.84 Å². The SMILES string of the molecule is Nc1ccn(C2CS[C@H](CO)O2)c(=O)n1. The Labute approximate surface area is 90.1 Å². The third-order valence-electron chi connectivity index (χ3n) is 2.04. The van der Waals surface area contributed by atoms with Crippen LogP contribution in [0.25, 0.3) is 0 Å². The number of rotatable bonds is 2. The molecule has 0 aromatic carbocycles. The van der Waals surface area contributed by atoms with Crippen molar-refractivity contribution in [1.82, 2.24) is 9.55 Å². The van der Waals surface area contributed by atoms with Crippen LogP contribution in [0.3, 0.4) is 0 Å². The molecule has 0 bridgehead atoms. The molecule has 1 aliphatic rings. The van der Waals surface area contributed by atoms with Gasteiger partial charge >= 0.3 is 5.69 Å². The van der Waals surface area contributed by atoms with Gasteiger partial charge in [0.15, 0.2) is 0 Å². The number of nitrogen functional groups attached to an aromatic ring is 1. The number of aromatic nitrogens is 2. The van der Waals surface area contributed by atoms with E-state index in [2.05, 4.69) is 4.98 Å². The molecule has 82 valence electrons. The van der Waals surface area contributed by atoms with Crippen LogP contribution in [-0.4, -0.2) is 32.5 Å². The standard InChI is InChI=1S/C8H11N3O3S/c9-5-1-2-11(8(13)10-5)6-4-15-7(3-12)14-6/h1-2,6-7,12H,3-4H2,(H2,9,10,13)/t6?,7-/m1/s1. The van der Waals surface area contributed by atoms with Gasteiger partial charge in [-0.3, -0.25) is 4.57 Å². The van der Waals surface area contributed by atoms with Crippen molar-refractivity contribution in [3.63, 3.8) is 0 Å². The molecule has 0 aliphatic carbocycles. The smallest absolute Gasteiger partial charge is 0.351 e. The summed E-state index contributed by atoms with van der Waals surface area (Å²) in [6, 6.07) is 1.54. The Kier molecular flexibility index (Phi) is 2.94. The average molecular weight is 229 g/mol. The lowest BCUT2D eigenvalue weighted by atomic mass is 10.5. The highest BCUT2D eigenvalue weighted by Gasteiger charge is 2.27. The maximum absolute atomic E-state index is 11.4. The minimum Gasteiger partial charge on any atom is -0.393 e. The molecule has 0 saturated carbocycles. The number of aliphatic hydroxyl groups is 1. The van der Waals surface area contributed by atoms with E-state index >= 15 is 0 Å². The van der Waals surface area contributed by atoms with Crippen LogP contribution in [0.2, 0.25) is 0 Å². The highest BCUT2D eigenvalue weighted by molar-refractivity contribution is 8.00. The Hall–Kier alpha value is -1.05. The lowest BCUT2D eigenvalue weighted by molar-refractivity contribution is -0.00629. The monoisotopic (exact) mass is 229 g/mol. The summed E-state index contributed by atoms with van der Waals surface area (Å²) >= 11 is 1.47. The van der Waals surface area contributed by atoms with Crippen LogP contribution in [0.5, 0.6) is 0 Å². The van der Waals surface area contributed by atoms with Gasteiger partial charge in [0.2, 0.25) is 0 Å². The van der Waals surface area contributed by atoms with Gasteiger partial charge in [0.1, 0.15) is 17.5 Å². The molecule has 1 aliphatic heterocycles. The minimum absolute atomic E-state index is 0.0572. The highest BCUT2D eigenvalue weighted by atomic mass is 32.2. The molecule has 6 nitrogen and oxygen atoms in total. The fraction of sp³-hybridized carbons (Fsp3) is 0.500. The first-order chi connectivity index (χ1) is 7.20. The van der Waals surface area contributed by atoms with E-state index in [9.17, 15) is 4.79 Å². The fourth-order valence-corrected chi connectivity index (χ4v) is 2.26. The number of nitrogens with two attached hydrogens (primary N) is 1. The second-order valence-electron chi connectivity index (χ2n) is 3.08. The van der Waals surface area contributed by atoms with Crippen molar-refractivity contribution >= 4 is 17.6 Å². The van der Waals surface area contributed by atoms with Crippen molar-refractivity contribution in [2.24, 2.45) is 0 Å². The predicted molar refractivity (Wildman–Crippen MR) is 56.4 cm³/mol. The van der Waals surface area contributed by atoms with Gasteiger partial charge < -0.3 is 15.6 Å². The highest BCUT2D eigenvalue weighted by Crippen LogP contribution is 2.30. The van der Waals surface area contributed by atoms with Crippen molar-refractivity contribution in [3.8, 4) is 0 Å². The van der Waals surface area contributed by atoms with Crippen molar-refractivity contribution in [1.29, 1.82) is 0 Å². The number of thioether (sulfide) groups is 1. The zero-order valence-corrected chi connectivity index (χ0v) is 8.68. The molecule has 15 heavy (non-hydrogen) atoms. The summed E-state index contributed by atoms with van der Waals surface area (Å²) < 4.78 is 6.79. The van der Waals surface area contributed by atoms with E-state index in [0.29, 0.717) is 5.75 Å². The van der Waals surface area contributed by atoms with Crippen LogP contribution in [0.4, 0.5) is 5.82 Å². The van der Waals surface area contributed by atoms with Crippen LogP contribution in [0.1, 0.15) is 6.23 Å². The molecule has 1 fully saturated rings. The largest absolute Gasteiger partial charge is 0.393 e. The van der Waals surface area contributed by atoms with Gasteiger partial charge in [-0.05, 0) is 6.07 Å². The summed E-state index contributed by atoms with van der Waals surface area (Å²) in [6.07, 6.45) is 1.18. The Morgan fingerprint density at radius 2 is 2.60 bits per heavy atom. The lowest BCUT2D eigenvalue weighted by Crippen LogP contribution is -2.28. The van der Waals surface area contributed by atoms with Crippen LogP contribution in [0, 0.1) is 0 Å². The van der Waals surface area contributed by atoms with E-state index in [0.717, 1.165) is 0 Å². The molecule has 2 atom stereocenters. The lowest BCUT2D eigenvalue weighted by Gasteiger charge is -2.13.